The van der Waals surface area contributed by atoms with Gasteiger partial charge in [0, 0.05) is 13.1 Å². The Morgan fingerprint density at radius 1 is 1.40 bits per heavy atom. The van der Waals surface area contributed by atoms with E-state index >= 15 is 0 Å². The number of thiocarbonyl (C=S) groups is 1. The number of nitrogens with zero attached hydrogens (tertiary/aromatic N) is 1. The number of hydrogen-bond acceptors (Lipinski definition) is 3. The van der Waals surface area contributed by atoms with Crippen LogP contribution in [0.4, 0.5) is 0 Å². The van der Waals surface area contributed by atoms with Crippen LogP contribution >= 0.6 is 12.2 Å². The average Bonchev–Trinajstić information content (AvgIpc) is 2.15. The van der Waals surface area contributed by atoms with Crippen LogP contribution in [0.15, 0.2) is 0 Å². The van der Waals surface area contributed by atoms with E-state index in [0.717, 1.165) is 13.1 Å². The summed E-state index contributed by atoms with van der Waals surface area (Å²) >= 11 is 9.39. The summed E-state index contributed by atoms with van der Waals surface area (Å²) in [6.07, 6.45) is 2.51. The van der Waals surface area contributed by atoms with Gasteiger partial charge in [0.05, 0.1) is 0 Å². The van der Waals surface area contributed by atoms with Crippen molar-refractivity contribution in [1.29, 1.82) is 0 Å². The maximum Gasteiger partial charge on any atom is 1.00 e. The predicted molar refractivity (Wildman–Crippen MR) is 43.9 cm³/mol. The number of hydrogen-bond donors (Lipinski definition) is 1. The van der Waals surface area contributed by atoms with Crippen molar-refractivity contribution >= 4 is 29.2 Å². The Morgan fingerprint density at radius 3 is 2.30 bits per heavy atom. The predicted octanol–water partition coefficient (Wildman–Crippen LogP) is -2.58. The van der Waals surface area contributed by atoms with Crippen molar-refractivity contribution in [3.05, 3.63) is 0 Å². The molecule has 0 spiro atoms. The molecular weight excluding hydrogens is 191 g/mol. The fourth-order valence-corrected chi connectivity index (χ4v) is 1.22. The molecule has 1 aliphatic rings. The molecule has 0 aliphatic carbocycles. The minimum absolute atomic E-state index is 0. The zero-order valence-corrected chi connectivity index (χ0v) is 10.8. The summed E-state index contributed by atoms with van der Waals surface area (Å²) in [5, 5.41) is 2.06. The molecular formula is C5H9KN2S2. The molecule has 1 saturated heterocycles. The molecule has 1 rings (SSSR count). The van der Waals surface area contributed by atoms with E-state index in [2.05, 4.69) is 10.4 Å². The van der Waals surface area contributed by atoms with Gasteiger partial charge in [0.2, 0.25) is 0 Å². The van der Waals surface area contributed by atoms with E-state index in [-0.39, 0.29) is 51.4 Å². The minimum Gasteiger partial charge on any atom is -0.410 e. The molecule has 0 aromatic carbocycles. The summed E-state index contributed by atoms with van der Waals surface area (Å²) in [6.45, 7) is 2.16. The Balaban J connectivity index is 0.000000810. The van der Waals surface area contributed by atoms with E-state index in [1.807, 2.05) is 0 Å². The van der Waals surface area contributed by atoms with E-state index in [1.165, 1.54) is 12.8 Å². The number of hydrazine groups is 1. The van der Waals surface area contributed by atoms with Crippen molar-refractivity contribution in [1.82, 2.24) is 10.4 Å². The molecule has 2 nitrogen and oxygen atoms in total. The van der Waals surface area contributed by atoms with Crippen LogP contribution in [0.1, 0.15) is 12.8 Å². The van der Waals surface area contributed by atoms with Gasteiger partial charge in [-0.2, -0.15) is 0 Å². The van der Waals surface area contributed by atoms with Crippen LogP contribution in [0.25, 0.3) is 0 Å². The second-order valence-electron chi connectivity index (χ2n) is 2.09. The molecule has 0 radical (unpaired) electrons. The van der Waals surface area contributed by atoms with Crippen molar-refractivity contribution in [2.45, 2.75) is 12.8 Å². The van der Waals surface area contributed by atoms with Gasteiger partial charge >= 0.3 is 51.4 Å². The summed E-state index contributed by atoms with van der Waals surface area (Å²) in [4.78, 5) is 0. The maximum absolute atomic E-state index is 4.69. The Morgan fingerprint density at radius 2 is 1.90 bits per heavy atom. The van der Waals surface area contributed by atoms with Crippen LogP contribution in [0, 0.1) is 0 Å². The summed E-state index contributed by atoms with van der Waals surface area (Å²) in [6, 6.07) is 0. The zero-order chi connectivity index (χ0) is 6.69. The van der Waals surface area contributed by atoms with Crippen LogP contribution in [-0.2, 0) is 12.6 Å². The van der Waals surface area contributed by atoms with Crippen molar-refractivity contribution in [3.8, 4) is 0 Å². The number of nitrogens with one attached hydrogen (secondary N) is 1. The fraction of sp³-hybridized carbons (Fsp3) is 0.800. The normalized spacial score (nSPS) is 18.0. The van der Waals surface area contributed by atoms with Gasteiger partial charge in [-0.25, -0.2) is 5.01 Å². The molecule has 0 aromatic rings. The molecule has 0 amide bonds. The summed E-state index contributed by atoms with van der Waals surface area (Å²) < 4.78 is 0.455. The molecule has 1 heterocycles. The monoisotopic (exact) mass is 200 g/mol. The molecule has 0 unspecified atom stereocenters. The third-order valence-electron chi connectivity index (χ3n) is 1.36. The van der Waals surface area contributed by atoms with Crippen LogP contribution in [0.3, 0.4) is 0 Å². The molecule has 10 heavy (non-hydrogen) atoms. The van der Waals surface area contributed by atoms with Gasteiger partial charge in [-0.1, -0.05) is 0 Å². The van der Waals surface area contributed by atoms with Gasteiger partial charge in [-0.3, -0.25) is 0 Å². The fourth-order valence-electron chi connectivity index (χ4n) is 0.958. The first kappa shape index (κ1) is 11.7. The first-order chi connectivity index (χ1) is 4.29. The van der Waals surface area contributed by atoms with Gasteiger partial charge in [-0.05, 0) is 17.2 Å². The topological polar surface area (TPSA) is 15.3 Å². The summed E-state index contributed by atoms with van der Waals surface area (Å²) in [5.41, 5.74) is 2.92. The van der Waals surface area contributed by atoms with E-state index in [0.29, 0.717) is 4.32 Å². The largest absolute Gasteiger partial charge is 1.00 e. The second-order valence-corrected chi connectivity index (χ2v) is 3.17. The average molecular weight is 200 g/mol. The van der Waals surface area contributed by atoms with Gasteiger partial charge in [-0.15, -0.1) is 0 Å². The summed E-state index contributed by atoms with van der Waals surface area (Å²) in [5.74, 6) is 0. The molecule has 5 heteroatoms. The van der Waals surface area contributed by atoms with Crippen LogP contribution in [0.2, 0.25) is 0 Å². The summed E-state index contributed by atoms with van der Waals surface area (Å²) in [7, 11) is 0. The Hall–Kier alpha value is 1.71. The van der Waals surface area contributed by atoms with Gasteiger partial charge < -0.3 is 30.3 Å². The molecule has 0 atom stereocenters. The Bertz CT molecular complexity index is 114. The Labute approximate surface area is 115 Å². The van der Waals surface area contributed by atoms with Gasteiger partial charge in [0.15, 0.2) is 0 Å². The molecule has 0 bridgehead atoms. The molecule has 0 aromatic heterocycles. The quantitative estimate of drug-likeness (QED) is 0.284. The van der Waals surface area contributed by atoms with Gasteiger partial charge in [0.25, 0.3) is 0 Å². The van der Waals surface area contributed by atoms with E-state index < -0.39 is 0 Å². The van der Waals surface area contributed by atoms with E-state index in [9.17, 15) is 0 Å². The third-order valence-corrected chi connectivity index (χ3v) is 1.54. The Kier molecular flexibility index (Phi) is 7.31. The van der Waals surface area contributed by atoms with Crippen molar-refractivity contribution < 1.29 is 51.4 Å². The van der Waals surface area contributed by atoms with Gasteiger partial charge in [0.1, 0.15) is 0 Å². The van der Waals surface area contributed by atoms with Crippen LogP contribution < -0.4 is 56.8 Å². The van der Waals surface area contributed by atoms with Crippen molar-refractivity contribution in [2.75, 3.05) is 13.1 Å². The van der Waals surface area contributed by atoms with Crippen molar-refractivity contribution in [2.24, 2.45) is 0 Å². The SMILES string of the molecule is S=C([S-])NN1CCCC1.[K+]. The maximum atomic E-state index is 4.69. The molecule has 52 valence electrons. The molecule has 0 saturated carbocycles. The van der Waals surface area contributed by atoms with E-state index in [4.69, 9.17) is 24.8 Å². The first-order valence-corrected chi connectivity index (χ1v) is 3.83. The second kappa shape index (κ2) is 6.25. The molecule has 1 N–H and O–H groups in total. The van der Waals surface area contributed by atoms with Crippen LogP contribution in [0.5, 0.6) is 0 Å². The first-order valence-electron chi connectivity index (χ1n) is 3.01. The standard InChI is InChI=1S/C5H10N2S2.K/c8-5(9)6-7-3-1-2-4-7;/h1-4H2,(H2,6,8,9);/q;+1/p-1. The van der Waals surface area contributed by atoms with Crippen molar-refractivity contribution in [3.63, 3.8) is 0 Å². The minimum atomic E-state index is 0. The third kappa shape index (κ3) is 4.56. The van der Waals surface area contributed by atoms with E-state index in [1.54, 1.807) is 0 Å². The zero-order valence-electron chi connectivity index (χ0n) is 6.09. The molecule has 1 aliphatic heterocycles. The number of rotatable bonds is 1. The smallest absolute Gasteiger partial charge is 0.410 e. The van der Waals surface area contributed by atoms with Crippen LogP contribution in [-0.4, -0.2) is 22.4 Å². The molecule has 1 fully saturated rings.